The van der Waals surface area contributed by atoms with Gasteiger partial charge in [-0.2, -0.15) is 0 Å². The van der Waals surface area contributed by atoms with Crippen molar-refractivity contribution in [3.63, 3.8) is 0 Å². The van der Waals surface area contributed by atoms with Crippen molar-refractivity contribution in [2.24, 2.45) is 7.05 Å². The van der Waals surface area contributed by atoms with Gasteiger partial charge in [0.25, 0.3) is 0 Å². The van der Waals surface area contributed by atoms with Gasteiger partial charge in [0.1, 0.15) is 12.2 Å². The molecule has 0 amide bonds. The monoisotopic (exact) mass is 290 g/mol. The van der Waals surface area contributed by atoms with Crippen LogP contribution in [0, 0.1) is 0 Å². The molecule has 0 aliphatic carbocycles. The minimum absolute atomic E-state index is 0.0953. The Bertz CT molecular complexity index is 583. The third kappa shape index (κ3) is 3.52. The number of benzene rings is 1. The zero-order chi connectivity index (χ0) is 15.2. The van der Waals surface area contributed by atoms with Crippen LogP contribution in [0.3, 0.4) is 0 Å². The molecule has 0 saturated carbocycles. The number of hydrogen-bond acceptors (Lipinski definition) is 5. The molecule has 114 valence electrons. The molecule has 1 unspecified atom stereocenters. The molecule has 2 rings (SSSR count). The third-order valence-electron chi connectivity index (χ3n) is 3.30. The van der Waals surface area contributed by atoms with Crippen molar-refractivity contribution in [3.8, 4) is 11.5 Å². The lowest BCUT2D eigenvalue weighted by molar-refractivity contribution is 0.308. The Morgan fingerprint density at radius 2 is 2.19 bits per heavy atom. The van der Waals surface area contributed by atoms with Crippen LogP contribution in [0.2, 0.25) is 0 Å². The number of nitrogens with one attached hydrogen (secondary N) is 1. The van der Waals surface area contributed by atoms with Gasteiger partial charge in [-0.1, -0.05) is 12.1 Å². The first-order chi connectivity index (χ1) is 10.2. The number of hydrogen-bond donors (Lipinski definition) is 1. The fourth-order valence-electron chi connectivity index (χ4n) is 2.24. The van der Waals surface area contributed by atoms with E-state index in [1.165, 1.54) is 0 Å². The smallest absolute Gasteiger partial charge is 0.165 e. The molecule has 0 aliphatic rings. The first-order valence-corrected chi connectivity index (χ1v) is 7.03. The Morgan fingerprint density at radius 1 is 1.38 bits per heavy atom. The molecule has 21 heavy (non-hydrogen) atoms. The Morgan fingerprint density at radius 3 is 2.81 bits per heavy atom. The van der Waals surface area contributed by atoms with Crippen LogP contribution in [0.4, 0.5) is 0 Å². The first kappa shape index (κ1) is 15.3. The molecule has 1 heterocycles. The minimum Gasteiger partial charge on any atom is -0.493 e. The number of nitrogens with zero attached hydrogens (tertiary/aromatic N) is 3. The summed E-state index contributed by atoms with van der Waals surface area (Å²) < 4.78 is 13.0. The van der Waals surface area contributed by atoms with Crippen LogP contribution in [-0.4, -0.2) is 28.5 Å². The normalized spacial score (nSPS) is 12.2. The molecule has 6 heteroatoms. The average Bonchev–Trinajstić information content (AvgIpc) is 2.91. The van der Waals surface area contributed by atoms with Crippen LogP contribution in [0.15, 0.2) is 24.5 Å². The molecule has 0 spiro atoms. The highest BCUT2D eigenvalue weighted by Gasteiger charge is 2.14. The molecule has 0 saturated heterocycles. The van der Waals surface area contributed by atoms with E-state index in [1.54, 1.807) is 13.4 Å². The van der Waals surface area contributed by atoms with Crippen molar-refractivity contribution in [3.05, 3.63) is 35.9 Å². The van der Waals surface area contributed by atoms with E-state index in [0.717, 1.165) is 22.9 Å². The van der Waals surface area contributed by atoms with Gasteiger partial charge in [-0.15, -0.1) is 10.2 Å². The Balaban J connectivity index is 2.09. The molecule has 0 bridgehead atoms. The van der Waals surface area contributed by atoms with Crippen molar-refractivity contribution < 1.29 is 9.47 Å². The van der Waals surface area contributed by atoms with E-state index in [0.29, 0.717) is 13.2 Å². The molecule has 0 aliphatic heterocycles. The van der Waals surface area contributed by atoms with E-state index >= 15 is 0 Å². The summed E-state index contributed by atoms with van der Waals surface area (Å²) in [5.74, 6) is 2.44. The first-order valence-electron chi connectivity index (χ1n) is 7.03. The zero-order valence-electron chi connectivity index (χ0n) is 13.0. The molecular weight excluding hydrogens is 268 g/mol. The summed E-state index contributed by atoms with van der Waals surface area (Å²) in [7, 11) is 3.59. The molecule has 2 aromatic rings. The maximum absolute atomic E-state index is 5.59. The van der Waals surface area contributed by atoms with Gasteiger partial charge in [0.05, 0.1) is 19.8 Å². The number of methoxy groups -OCH3 is 1. The fraction of sp³-hybridized carbons (Fsp3) is 0.467. The second-order valence-corrected chi connectivity index (χ2v) is 4.78. The maximum Gasteiger partial charge on any atom is 0.165 e. The predicted octanol–water partition coefficient (Wildman–Crippen LogP) is 2.07. The van der Waals surface area contributed by atoms with Gasteiger partial charge in [-0.25, -0.2) is 0 Å². The van der Waals surface area contributed by atoms with Crippen molar-refractivity contribution >= 4 is 0 Å². The van der Waals surface area contributed by atoms with Crippen LogP contribution in [0.5, 0.6) is 11.5 Å². The molecule has 0 fully saturated rings. The molecule has 1 aromatic heterocycles. The van der Waals surface area contributed by atoms with Crippen molar-refractivity contribution in [1.29, 1.82) is 0 Å². The van der Waals surface area contributed by atoms with Gasteiger partial charge >= 0.3 is 0 Å². The van der Waals surface area contributed by atoms with Crippen LogP contribution >= 0.6 is 0 Å². The molecule has 1 aromatic carbocycles. The van der Waals surface area contributed by atoms with Gasteiger partial charge < -0.3 is 19.4 Å². The Labute approximate surface area is 125 Å². The summed E-state index contributed by atoms with van der Waals surface area (Å²) in [5, 5.41) is 11.4. The topological polar surface area (TPSA) is 61.2 Å². The van der Waals surface area contributed by atoms with Gasteiger partial charge in [0.2, 0.25) is 0 Å². The lowest BCUT2D eigenvalue weighted by Crippen LogP contribution is -2.21. The van der Waals surface area contributed by atoms with Crippen molar-refractivity contribution in [2.75, 3.05) is 13.7 Å². The van der Waals surface area contributed by atoms with Crippen LogP contribution < -0.4 is 14.8 Å². The van der Waals surface area contributed by atoms with Gasteiger partial charge in [-0.3, -0.25) is 0 Å². The van der Waals surface area contributed by atoms with E-state index < -0.39 is 0 Å². The maximum atomic E-state index is 5.59. The lowest BCUT2D eigenvalue weighted by atomic mass is 10.1. The number of ether oxygens (including phenoxy) is 2. The highest BCUT2D eigenvalue weighted by Crippen LogP contribution is 2.31. The van der Waals surface area contributed by atoms with E-state index in [4.69, 9.17) is 9.47 Å². The fourth-order valence-corrected chi connectivity index (χ4v) is 2.24. The Hall–Kier alpha value is -2.08. The average molecular weight is 290 g/mol. The number of rotatable bonds is 7. The summed E-state index contributed by atoms with van der Waals surface area (Å²) >= 11 is 0. The van der Waals surface area contributed by atoms with Gasteiger partial charge in [0, 0.05) is 19.2 Å². The van der Waals surface area contributed by atoms with Crippen LogP contribution in [0.1, 0.15) is 31.3 Å². The third-order valence-corrected chi connectivity index (χ3v) is 3.30. The summed E-state index contributed by atoms with van der Waals surface area (Å²) in [6.07, 6.45) is 1.70. The zero-order valence-corrected chi connectivity index (χ0v) is 13.0. The summed E-state index contributed by atoms with van der Waals surface area (Å²) in [6, 6.07) is 6.01. The molecule has 1 N–H and O–H groups in total. The molecule has 0 radical (unpaired) electrons. The van der Waals surface area contributed by atoms with E-state index in [-0.39, 0.29) is 6.04 Å². The quantitative estimate of drug-likeness (QED) is 0.846. The predicted molar refractivity (Wildman–Crippen MR) is 80.4 cm³/mol. The Kier molecular flexibility index (Phi) is 5.16. The summed E-state index contributed by atoms with van der Waals surface area (Å²) in [4.78, 5) is 0. The standard InChI is InChI=1S/C15H22N4O2/c1-5-21-13-8-6-7-12(14(13)20-4)9-16-11(2)15-18-17-10-19(15)3/h6-8,10-11,16H,5,9H2,1-4H3. The lowest BCUT2D eigenvalue weighted by Gasteiger charge is -2.16. The second-order valence-electron chi connectivity index (χ2n) is 4.78. The minimum atomic E-state index is 0.0953. The molecule has 1 atom stereocenters. The summed E-state index contributed by atoms with van der Waals surface area (Å²) in [6.45, 7) is 5.30. The highest BCUT2D eigenvalue weighted by molar-refractivity contribution is 5.46. The van der Waals surface area contributed by atoms with Crippen LogP contribution in [-0.2, 0) is 13.6 Å². The van der Waals surface area contributed by atoms with Gasteiger partial charge in [0.15, 0.2) is 11.5 Å². The highest BCUT2D eigenvalue weighted by atomic mass is 16.5. The number of para-hydroxylation sites is 1. The molecular formula is C15H22N4O2. The van der Waals surface area contributed by atoms with Gasteiger partial charge in [-0.05, 0) is 19.9 Å². The van der Waals surface area contributed by atoms with Crippen molar-refractivity contribution in [1.82, 2.24) is 20.1 Å². The summed E-state index contributed by atoms with van der Waals surface area (Å²) in [5.41, 5.74) is 1.05. The number of aromatic nitrogens is 3. The van der Waals surface area contributed by atoms with E-state index in [9.17, 15) is 0 Å². The van der Waals surface area contributed by atoms with E-state index in [1.807, 2.05) is 36.7 Å². The second kappa shape index (κ2) is 7.08. The number of aryl methyl sites for hydroxylation is 1. The van der Waals surface area contributed by atoms with Crippen LogP contribution in [0.25, 0.3) is 0 Å². The SMILES string of the molecule is CCOc1cccc(CNC(C)c2nncn2C)c1OC. The van der Waals surface area contributed by atoms with E-state index in [2.05, 4.69) is 22.4 Å². The largest absolute Gasteiger partial charge is 0.493 e. The molecule has 6 nitrogen and oxygen atoms in total. The van der Waals surface area contributed by atoms with Crippen molar-refractivity contribution in [2.45, 2.75) is 26.4 Å².